The number of hydrogen-bond acceptors (Lipinski definition) is 2. The largest absolute Gasteiger partial charge is 0.399 e. The van der Waals surface area contributed by atoms with Crippen LogP contribution in [0.2, 0.25) is 0 Å². The summed E-state index contributed by atoms with van der Waals surface area (Å²) in [6.45, 7) is 5.60. The molecule has 15 heavy (non-hydrogen) atoms. The maximum Gasteiger partial charge on any atom is 0.0379 e. The molecule has 2 rings (SSSR count). The van der Waals surface area contributed by atoms with Gasteiger partial charge in [-0.25, -0.2) is 0 Å². The van der Waals surface area contributed by atoms with Crippen molar-refractivity contribution in [3.63, 3.8) is 0 Å². The molecule has 0 aliphatic carbocycles. The highest BCUT2D eigenvalue weighted by molar-refractivity contribution is 5.85. The van der Waals surface area contributed by atoms with Crippen molar-refractivity contribution in [1.82, 2.24) is 0 Å². The molecule has 0 unspecified atom stereocenters. The van der Waals surface area contributed by atoms with Gasteiger partial charge in [-0.2, -0.15) is 0 Å². The van der Waals surface area contributed by atoms with E-state index in [0.717, 1.165) is 12.2 Å². The van der Waals surface area contributed by atoms with E-state index in [1.54, 1.807) is 0 Å². The second-order valence-electron chi connectivity index (χ2n) is 4.37. The quantitative estimate of drug-likeness (QED) is 0.693. The van der Waals surface area contributed by atoms with Gasteiger partial charge in [-0.15, -0.1) is 24.8 Å². The first-order valence-electron chi connectivity index (χ1n) is 4.73. The lowest BCUT2D eigenvalue weighted by Gasteiger charge is -2.33. The molecule has 0 atom stereocenters. The Labute approximate surface area is 103 Å². The summed E-state index contributed by atoms with van der Waals surface area (Å²) in [6, 6.07) is 6.11. The van der Waals surface area contributed by atoms with Crippen molar-refractivity contribution in [2.45, 2.75) is 25.7 Å². The highest BCUT2D eigenvalue weighted by Crippen LogP contribution is 2.37. The molecule has 1 aromatic carbocycles. The first-order valence-corrected chi connectivity index (χ1v) is 4.73. The third-order valence-corrected chi connectivity index (χ3v) is 2.84. The zero-order chi connectivity index (χ0) is 9.47. The fourth-order valence-corrected chi connectivity index (χ4v) is 1.92. The summed E-state index contributed by atoms with van der Waals surface area (Å²) in [4.78, 5) is 0. The van der Waals surface area contributed by atoms with Gasteiger partial charge in [0, 0.05) is 17.9 Å². The van der Waals surface area contributed by atoms with Gasteiger partial charge in [0.1, 0.15) is 0 Å². The summed E-state index contributed by atoms with van der Waals surface area (Å²) >= 11 is 0. The summed E-state index contributed by atoms with van der Waals surface area (Å²) in [5, 5.41) is 3.39. The van der Waals surface area contributed by atoms with E-state index in [9.17, 15) is 0 Å². The number of benzene rings is 1. The molecule has 1 heterocycles. The van der Waals surface area contributed by atoms with Crippen LogP contribution in [0.1, 0.15) is 25.8 Å². The summed E-state index contributed by atoms with van der Waals surface area (Å²) in [6.07, 6.45) is 1.17. The maximum absolute atomic E-state index is 5.78. The Bertz CT molecular complexity index is 337. The van der Waals surface area contributed by atoms with Crippen LogP contribution in [-0.4, -0.2) is 6.54 Å². The highest BCUT2D eigenvalue weighted by Gasteiger charge is 2.26. The van der Waals surface area contributed by atoms with Crippen LogP contribution in [-0.2, 0) is 5.41 Å². The summed E-state index contributed by atoms with van der Waals surface area (Å²) in [5.41, 5.74) is 9.48. The topological polar surface area (TPSA) is 38.0 Å². The Balaban J connectivity index is 0.000000980. The van der Waals surface area contributed by atoms with Crippen molar-refractivity contribution < 1.29 is 0 Å². The minimum Gasteiger partial charge on any atom is -0.399 e. The molecule has 0 amide bonds. The number of anilines is 2. The van der Waals surface area contributed by atoms with Gasteiger partial charge in [-0.3, -0.25) is 0 Å². The van der Waals surface area contributed by atoms with E-state index in [4.69, 9.17) is 5.73 Å². The van der Waals surface area contributed by atoms with Crippen molar-refractivity contribution >= 4 is 36.2 Å². The fraction of sp³-hybridized carbons (Fsp3) is 0.455. The molecule has 0 bridgehead atoms. The molecule has 0 radical (unpaired) electrons. The molecule has 1 aliphatic rings. The Kier molecular flexibility index (Phi) is 4.75. The molecular weight excluding hydrogens is 231 g/mol. The molecule has 86 valence electrons. The summed E-state index contributed by atoms with van der Waals surface area (Å²) in [5.74, 6) is 0. The smallest absolute Gasteiger partial charge is 0.0379 e. The zero-order valence-corrected chi connectivity index (χ0v) is 10.7. The third-order valence-electron chi connectivity index (χ3n) is 2.84. The molecule has 0 aromatic heterocycles. The minimum atomic E-state index is 0. The average molecular weight is 249 g/mol. The first-order chi connectivity index (χ1) is 6.09. The number of nitrogens with one attached hydrogen (secondary N) is 1. The van der Waals surface area contributed by atoms with Gasteiger partial charge in [-0.1, -0.05) is 13.8 Å². The van der Waals surface area contributed by atoms with Gasteiger partial charge in [0.05, 0.1) is 0 Å². The van der Waals surface area contributed by atoms with Gasteiger partial charge < -0.3 is 11.1 Å². The normalized spacial score (nSPS) is 16.4. The van der Waals surface area contributed by atoms with E-state index in [0.29, 0.717) is 0 Å². The lowest BCUT2D eigenvalue weighted by Crippen LogP contribution is -2.28. The van der Waals surface area contributed by atoms with Crippen LogP contribution < -0.4 is 11.1 Å². The average Bonchev–Trinajstić information content (AvgIpc) is 2.06. The molecule has 0 spiro atoms. The van der Waals surface area contributed by atoms with E-state index in [1.165, 1.54) is 17.7 Å². The molecule has 1 aromatic rings. The van der Waals surface area contributed by atoms with Gasteiger partial charge in [0.2, 0.25) is 0 Å². The van der Waals surface area contributed by atoms with Crippen LogP contribution in [0.3, 0.4) is 0 Å². The number of nitrogens with two attached hydrogens (primary N) is 1. The molecule has 0 fully saturated rings. The van der Waals surface area contributed by atoms with Crippen LogP contribution in [0.15, 0.2) is 18.2 Å². The van der Waals surface area contributed by atoms with E-state index in [2.05, 4.69) is 31.3 Å². The van der Waals surface area contributed by atoms with E-state index in [-0.39, 0.29) is 30.2 Å². The minimum absolute atomic E-state index is 0. The van der Waals surface area contributed by atoms with Gasteiger partial charge in [-0.05, 0) is 35.6 Å². The van der Waals surface area contributed by atoms with Crippen molar-refractivity contribution in [2.24, 2.45) is 0 Å². The Morgan fingerprint density at radius 2 is 1.93 bits per heavy atom. The number of hydrogen-bond donors (Lipinski definition) is 2. The van der Waals surface area contributed by atoms with E-state index in [1.807, 2.05) is 6.07 Å². The van der Waals surface area contributed by atoms with Crippen molar-refractivity contribution in [3.05, 3.63) is 23.8 Å². The molecule has 4 heteroatoms. The molecule has 0 saturated carbocycles. The first kappa shape index (κ1) is 14.4. The molecular formula is C11H18Cl2N2. The standard InChI is InChI=1S/C11H16N2.2ClH/c1-11(2)5-6-13-10-4-3-8(12)7-9(10)11;;/h3-4,7,13H,5-6,12H2,1-2H3;2*1H. The highest BCUT2D eigenvalue weighted by atomic mass is 35.5. The molecule has 3 N–H and O–H groups in total. The van der Waals surface area contributed by atoms with Crippen LogP contribution in [0.25, 0.3) is 0 Å². The second-order valence-corrected chi connectivity index (χ2v) is 4.37. The monoisotopic (exact) mass is 248 g/mol. The van der Waals surface area contributed by atoms with Crippen molar-refractivity contribution in [2.75, 3.05) is 17.6 Å². The van der Waals surface area contributed by atoms with Gasteiger partial charge in [0.25, 0.3) is 0 Å². The maximum atomic E-state index is 5.78. The third kappa shape index (κ3) is 2.70. The number of fused-ring (bicyclic) bond motifs is 1. The summed E-state index contributed by atoms with van der Waals surface area (Å²) in [7, 11) is 0. The lowest BCUT2D eigenvalue weighted by atomic mass is 9.78. The van der Waals surface area contributed by atoms with Gasteiger partial charge in [0.15, 0.2) is 0 Å². The SMILES string of the molecule is CC1(C)CCNc2ccc(N)cc21.Cl.Cl. The van der Waals surface area contributed by atoms with Gasteiger partial charge >= 0.3 is 0 Å². The molecule has 1 aliphatic heterocycles. The van der Waals surface area contributed by atoms with Crippen LogP contribution in [0, 0.1) is 0 Å². The number of nitrogen functional groups attached to an aromatic ring is 1. The molecule has 0 saturated heterocycles. The number of halogens is 2. The fourth-order valence-electron chi connectivity index (χ4n) is 1.92. The van der Waals surface area contributed by atoms with Crippen LogP contribution in [0.4, 0.5) is 11.4 Å². The van der Waals surface area contributed by atoms with E-state index < -0.39 is 0 Å². The van der Waals surface area contributed by atoms with E-state index >= 15 is 0 Å². The Morgan fingerprint density at radius 1 is 1.27 bits per heavy atom. The number of rotatable bonds is 0. The van der Waals surface area contributed by atoms with Crippen molar-refractivity contribution in [1.29, 1.82) is 0 Å². The van der Waals surface area contributed by atoms with Crippen LogP contribution in [0.5, 0.6) is 0 Å². The zero-order valence-electron chi connectivity index (χ0n) is 9.04. The Morgan fingerprint density at radius 3 is 2.60 bits per heavy atom. The van der Waals surface area contributed by atoms with Crippen molar-refractivity contribution in [3.8, 4) is 0 Å². The van der Waals surface area contributed by atoms with Crippen LogP contribution >= 0.6 is 24.8 Å². The summed E-state index contributed by atoms with van der Waals surface area (Å²) < 4.78 is 0. The predicted octanol–water partition coefficient (Wildman–Crippen LogP) is 3.21. The molecule has 2 nitrogen and oxygen atoms in total. The lowest BCUT2D eigenvalue weighted by molar-refractivity contribution is 0.482. The Hall–Kier alpha value is -0.600. The second kappa shape index (κ2) is 4.95. The predicted molar refractivity (Wildman–Crippen MR) is 71.5 cm³/mol.